The summed E-state index contributed by atoms with van der Waals surface area (Å²) in [4.78, 5) is 16.5. The number of hydrogen-bond donors (Lipinski definition) is 1. The molecule has 0 unspecified atom stereocenters. The van der Waals surface area contributed by atoms with Crippen molar-refractivity contribution in [2.75, 3.05) is 5.73 Å². The first-order valence-corrected chi connectivity index (χ1v) is 6.66. The van der Waals surface area contributed by atoms with E-state index in [0.717, 1.165) is 16.8 Å². The summed E-state index contributed by atoms with van der Waals surface area (Å²) in [5.74, 6) is -1.01. The van der Waals surface area contributed by atoms with Gasteiger partial charge in [0.2, 0.25) is 0 Å². The molecule has 2 heterocycles. The number of alkyl halides is 3. The van der Waals surface area contributed by atoms with E-state index in [1.165, 1.54) is 24.5 Å². The van der Waals surface area contributed by atoms with E-state index in [9.17, 15) is 18.0 Å². The molecule has 2 aromatic heterocycles. The molecule has 2 N–H and O–H groups in total. The van der Waals surface area contributed by atoms with Gasteiger partial charge in [-0.1, -0.05) is 17.7 Å². The highest BCUT2D eigenvalue weighted by Gasteiger charge is 2.37. The number of benzene rings is 1. The molecule has 9 heteroatoms. The molecule has 0 fully saturated rings. The second-order valence-corrected chi connectivity index (χ2v) is 5.10. The lowest BCUT2D eigenvalue weighted by Crippen LogP contribution is -2.20. The van der Waals surface area contributed by atoms with Crippen molar-refractivity contribution in [3.8, 4) is 0 Å². The Kier molecular flexibility index (Phi) is 3.48. The van der Waals surface area contributed by atoms with Crippen molar-refractivity contribution in [2.24, 2.45) is 0 Å². The van der Waals surface area contributed by atoms with E-state index in [1.54, 1.807) is 0 Å². The molecular formula is C14H8ClF3N4O. The first kappa shape index (κ1) is 15.3. The van der Waals surface area contributed by atoms with Crippen LogP contribution in [0.2, 0.25) is 5.02 Å². The number of pyridine rings is 1. The minimum Gasteiger partial charge on any atom is -0.397 e. The Morgan fingerprint density at radius 1 is 1.26 bits per heavy atom. The molecule has 0 atom stereocenters. The van der Waals surface area contributed by atoms with Gasteiger partial charge in [-0.2, -0.15) is 23.0 Å². The lowest BCUT2D eigenvalue weighted by molar-refractivity contribution is -0.137. The Morgan fingerprint density at radius 3 is 2.70 bits per heavy atom. The summed E-state index contributed by atoms with van der Waals surface area (Å²) in [6.07, 6.45) is -2.11. The number of nitrogens with zero attached hydrogens (tertiary/aromatic N) is 3. The number of carbonyl (C=O) groups is 1. The van der Waals surface area contributed by atoms with Crippen LogP contribution in [0.3, 0.4) is 0 Å². The smallest absolute Gasteiger partial charge is 0.397 e. The average molecular weight is 341 g/mol. The number of aromatic nitrogens is 3. The number of anilines is 1. The molecule has 0 aliphatic carbocycles. The van der Waals surface area contributed by atoms with Crippen LogP contribution in [0.15, 0.2) is 36.7 Å². The summed E-state index contributed by atoms with van der Waals surface area (Å²) in [7, 11) is 0. The van der Waals surface area contributed by atoms with Gasteiger partial charge in [-0.15, -0.1) is 0 Å². The number of nitrogen functional groups attached to an aromatic ring is 1. The normalized spacial score (nSPS) is 11.8. The molecule has 0 bridgehead atoms. The zero-order valence-corrected chi connectivity index (χ0v) is 12.1. The fraction of sp³-hybridized carbons (Fsp3) is 0.0714. The van der Waals surface area contributed by atoms with Gasteiger partial charge in [-0.25, -0.2) is 0 Å². The van der Waals surface area contributed by atoms with Crippen molar-refractivity contribution in [3.63, 3.8) is 0 Å². The molecule has 3 aromatic rings. The number of carbonyl (C=O) groups excluding carboxylic acids is 1. The molecule has 118 valence electrons. The van der Waals surface area contributed by atoms with Gasteiger partial charge in [0.25, 0.3) is 5.91 Å². The summed E-state index contributed by atoms with van der Waals surface area (Å²) in [6, 6.07) is 4.53. The first-order valence-electron chi connectivity index (χ1n) is 6.28. The van der Waals surface area contributed by atoms with E-state index < -0.39 is 23.2 Å². The van der Waals surface area contributed by atoms with Gasteiger partial charge in [0.15, 0.2) is 0 Å². The van der Waals surface area contributed by atoms with Crippen molar-refractivity contribution in [1.82, 2.24) is 14.8 Å². The van der Waals surface area contributed by atoms with Crippen LogP contribution in [0.1, 0.15) is 15.9 Å². The Labute approximate surface area is 132 Å². The number of fused-ring (bicyclic) bond motifs is 1. The average Bonchev–Trinajstić information content (AvgIpc) is 2.88. The third kappa shape index (κ3) is 2.61. The topological polar surface area (TPSA) is 73.8 Å². The minimum atomic E-state index is -4.73. The fourth-order valence-electron chi connectivity index (χ4n) is 2.17. The van der Waals surface area contributed by atoms with E-state index in [1.807, 2.05) is 0 Å². The fourth-order valence-corrected chi connectivity index (χ4v) is 2.42. The predicted molar refractivity (Wildman–Crippen MR) is 78.1 cm³/mol. The molecule has 0 amide bonds. The molecule has 3 rings (SSSR count). The Hall–Kier alpha value is -2.61. The molecule has 0 saturated carbocycles. The highest BCUT2D eigenvalue weighted by molar-refractivity contribution is 6.34. The minimum absolute atomic E-state index is 0.197. The van der Waals surface area contributed by atoms with Gasteiger partial charge in [0.1, 0.15) is 5.52 Å². The standard InChI is InChI=1S/C14H8ClF3N4O/c15-9-3-1-2-8(14(16,17)18)12(9)13(23)22-11-4-7(19)5-20-10(11)6-21-22/h1-6H,19H2. The summed E-state index contributed by atoms with van der Waals surface area (Å²) in [5.41, 5.74) is 4.57. The van der Waals surface area contributed by atoms with Gasteiger partial charge in [0, 0.05) is 0 Å². The van der Waals surface area contributed by atoms with E-state index in [0.29, 0.717) is 5.52 Å². The molecule has 1 aromatic carbocycles. The Morgan fingerprint density at radius 2 is 2.00 bits per heavy atom. The lowest BCUT2D eigenvalue weighted by Gasteiger charge is -2.13. The van der Waals surface area contributed by atoms with Crippen molar-refractivity contribution in [2.45, 2.75) is 6.18 Å². The monoisotopic (exact) mass is 340 g/mol. The maximum Gasteiger partial charge on any atom is 0.417 e. The quantitative estimate of drug-likeness (QED) is 0.737. The van der Waals surface area contributed by atoms with Crippen LogP contribution in [0.5, 0.6) is 0 Å². The van der Waals surface area contributed by atoms with Crippen LogP contribution < -0.4 is 5.73 Å². The van der Waals surface area contributed by atoms with Crippen LogP contribution in [0.25, 0.3) is 11.0 Å². The highest BCUT2D eigenvalue weighted by Crippen LogP contribution is 2.35. The van der Waals surface area contributed by atoms with Crippen molar-refractivity contribution < 1.29 is 18.0 Å². The number of hydrogen-bond acceptors (Lipinski definition) is 4. The van der Waals surface area contributed by atoms with Crippen LogP contribution in [0, 0.1) is 0 Å². The third-order valence-corrected chi connectivity index (χ3v) is 3.48. The zero-order valence-electron chi connectivity index (χ0n) is 11.3. The molecule has 23 heavy (non-hydrogen) atoms. The summed E-state index contributed by atoms with van der Waals surface area (Å²) in [5, 5.41) is 3.49. The molecule has 0 aliphatic rings. The van der Waals surface area contributed by atoms with Crippen molar-refractivity contribution in [3.05, 3.63) is 52.8 Å². The molecule has 0 radical (unpaired) electrons. The van der Waals surface area contributed by atoms with E-state index >= 15 is 0 Å². The molecule has 0 spiro atoms. The van der Waals surface area contributed by atoms with Gasteiger partial charge >= 0.3 is 6.18 Å². The summed E-state index contributed by atoms with van der Waals surface area (Å²) in [6.45, 7) is 0. The number of rotatable bonds is 1. The Bertz CT molecular complexity index is 920. The van der Waals surface area contributed by atoms with E-state index in [4.69, 9.17) is 17.3 Å². The second-order valence-electron chi connectivity index (χ2n) is 4.69. The third-order valence-electron chi connectivity index (χ3n) is 3.17. The summed E-state index contributed by atoms with van der Waals surface area (Å²) >= 11 is 5.83. The maximum atomic E-state index is 13.1. The van der Waals surface area contributed by atoms with Crippen LogP contribution in [-0.2, 0) is 6.18 Å². The molecule has 0 saturated heterocycles. The SMILES string of the molecule is Nc1cnc2cnn(C(=O)c3c(Cl)cccc3C(F)(F)F)c2c1. The highest BCUT2D eigenvalue weighted by atomic mass is 35.5. The van der Waals surface area contributed by atoms with Crippen LogP contribution in [-0.4, -0.2) is 20.7 Å². The van der Waals surface area contributed by atoms with Crippen LogP contribution >= 0.6 is 11.6 Å². The summed E-state index contributed by atoms with van der Waals surface area (Å²) < 4.78 is 40.2. The van der Waals surface area contributed by atoms with Gasteiger partial charge in [0.05, 0.1) is 39.7 Å². The lowest BCUT2D eigenvalue weighted by atomic mass is 10.1. The number of nitrogens with two attached hydrogens (primary N) is 1. The molecule has 5 nitrogen and oxygen atoms in total. The van der Waals surface area contributed by atoms with Gasteiger partial charge in [-0.3, -0.25) is 9.78 Å². The van der Waals surface area contributed by atoms with E-state index in [-0.39, 0.29) is 16.2 Å². The van der Waals surface area contributed by atoms with Crippen LogP contribution in [0.4, 0.5) is 18.9 Å². The Balaban J connectivity index is 2.23. The van der Waals surface area contributed by atoms with Gasteiger partial charge in [-0.05, 0) is 18.2 Å². The largest absolute Gasteiger partial charge is 0.417 e. The van der Waals surface area contributed by atoms with Crippen molar-refractivity contribution >= 4 is 34.2 Å². The first-order chi connectivity index (χ1) is 10.8. The maximum absolute atomic E-state index is 13.1. The second kappa shape index (κ2) is 5.24. The predicted octanol–water partition coefficient (Wildman–Crippen LogP) is 3.37. The molecule has 0 aliphatic heterocycles. The van der Waals surface area contributed by atoms with Gasteiger partial charge < -0.3 is 5.73 Å². The van der Waals surface area contributed by atoms with E-state index in [2.05, 4.69) is 10.1 Å². The number of halogens is 4. The van der Waals surface area contributed by atoms with Crippen molar-refractivity contribution in [1.29, 1.82) is 0 Å². The molecular weight excluding hydrogens is 333 g/mol. The zero-order chi connectivity index (χ0) is 16.8.